The van der Waals surface area contributed by atoms with E-state index < -0.39 is 0 Å². The van der Waals surface area contributed by atoms with Crippen molar-refractivity contribution >= 4 is 42.1 Å². The van der Waals surface area contributed by atoms with Crippen LogP contribution >= 0.6 is 36.2 Å². The second kappa shape index (κ2) is 9.05. The summed E-state index contributed by atoms with van der Waals surface area (Å²) in [5.41, 5.74) is 6.94. The van der Waals surface area contributed by atoms with E-state index in [9.17, 15) is 9.18 Å². The molecule has 122 valence electrons. The van der Waals surface area contributed by atoms with Crippen LogP contribution < -0.4 is 11.1 Å². The van der Waals surface area contributed by atoms with Crippen molar-refractivity contribution in [1.82, 2.24) is 10.3 Å². The summed E-state index contributed by atoms with van der Waals surface area (Å²) in [6.07, 6.45) is 0. The molecule has 1 aromatic heterocycles. The highest BCUT2D eigenvalue weighted by atomic mass is 35.5. The average Bonchev–Trinajstić information content (AvgIpc) is 2.81. The number of halogens is 3. The molecule has 3 N–H and O–H groups in total. The first-order chi connectivity index (χ1) is 9.51. The van der Waals surface area contributed by atoms with Crippen molar-refractivity contribution < 1.29 is 9.18 Å². The van der Waals surface area contributed by atoms with E-state index in [1.165, 1.54) is 23.5 Å². The van der Waals surface area contributed by atoms with Crippen LogP contribution in [0.4, 0.5) is 4.39 Å². The minimum absolute atomic E-state index is 0. The largest absolute Gasteiger partial charge is 0.348 e. The van der Waals surface area contributed by atoms with Gasteiger partial charge in [-0.3, -0.25) is 4.79 Å². The zero-order valence-corrected chi connectivity index (χ0v) is 14.6. The number of hydrogen-bond donors (Lipinski definition) is 2. The Morgan fingerprint density at radius 1 is 1.36 bits per heavy atom. The molecule has 0 unspecified atom stereocenters. The maximum absolute atomic E-state index is 12.9. The molecular weight excluding hydrogens is 348 g/mol. The highest BCUT2D eigenvalue weighted by Gasteiger charge is 2.17. The summed E-state index contributed by atoms with van der Waals surface area (Å²) in [5, 5.41) is 3.51. The Balaban J connectivity index is 0.00000220. The number of nitrogens with zero attached hydrogens (tertiary/aromatic N) is 1. The molecule has 0 aliphatic carbocycles. The second-order valence-corrected chi connectivity index (χ2v) is 5.55. The molecule has 0 saturated carbocycles. The molecule has 2 rings (SSSR count). The molecule has 0 saturated heterocycles. The molecule has 1 heterocycles. The number of amides is 1. The lowest BCUT2D eigenvalue weighted by Gasteiger charge is -2.09. The Kier molecular flexibility index (Phi) is 8.55. The zero-order valence-electron chi connectivity index (χ0n) is 12.1. The third kappa shape index (κ3) is 4.91. The number of benzene rings is 1. The summed E-state index contributed by atoms with van der Waals surface area (Å²) in [4.78, 5) is 17.0. The molecule has 4 nitrogen and oxygen atoms in total. The van der Waals surface area contributed by atoms with Crippen molar-refractivity contribution in [3.8, 4) is 10.6 Å². The summed E-state index contributed by atoms with van der Waals surface area (Å²) >= 11 is 1.29. The van der Waals surface area contributed by atoms with Gasteiger partial charge in [0, 0.05) is 18.2 Å². The first-order valence-electron chi connectivity index (χ1n) is 6.25. The van der Waals surface area contributed by atoms with Crippen LogP contribution in [0.2, 0.25) is 0 Å². The van der Waals surface area contributed by atoms with Gasteiger partial charge in [0.25, 0.3) is 5.91 Å². The summed E-state index contributed by atoms with van der Waals surface area (Å²) in [7, 11) is 0. The average molecular weight is 366 g/mol. The Hall–Kier alpha value is -1.21. The number of aromatic nitrogens is 1. The molecule has 1 amide bonds. The van der Waals surface area contributed by atoms with Gasteiger partial charge in [0.1, 0.15) is 15.7 Å². The first kappa shape index (κ1) is 20.8. The predicted molar refractivity (Wildman–Crippen MR) is 92.7 cm³/mol. The molecule has 0 aliphatic heterocycles. The fourth-order valence-corrected chi connectivity index (χ4v) is 2.65. The number of thiazole rings is 1. The van der Waals surface area contributed by atoms with Crippen molar-refractivity contribution in [2.75, 3.05) is 6.54 Å². The number of carbonyl (C=O) groups is 1. The number of aryl methyl sites for hydroxylation is 1. The Bertz CT molecular complexity index is 619. The molecule has 0 spiro atoms. The second-order valence-electron chi connectivity index (χ2n) is 4.55. The lowest BCUT2D eigenvalue weighted by atomic mass is 10.2. The highest BCUT2D eigenvalue weighted by Crippen LogP contribution is 2.28. The normalized spacial score (nSPS) is 11.1. The van der Waals surface area contributed by atoms with Gasteiger partial charge in [0.05, 0.1) is 5.69 Å². The molecule has 2 aromatic rings. The van der Waals surface area contributed by atoms with Gasteiger partial charge in [0.15, 0.2) is 0 Å². The van der Waals surface area contributed by atoms with Crippen LogP contribution in [0.1, 0.15) is 22.3 Å². The molecule has 22 heavy (non-hydrogen) atoms. The minimum Gasteiger partial charge on any atom is -0.348 e. The lowest BCUT2D eigenvalue weighted by molar-refractivity contribution is 0.0944. The minimum atomic E-state index is -0.295. The summed E-state index contributed by atoms with van der Waals surface area (Å²) in [5.74, 6) is -0.469. The van der Waals surface area contributed by atoms with Gasteiger partial charge in [0.2, 0.25) is 0 Å². The number of carbonyl (C=O) groups excluding carboxylic acids is 1. The van der Waals surface area contributed by atoms with Gasteiger partial charge in [-0.1, -0.05) is 0 Å². The maximum Gasteiger partial charge on any atom is 0.263 e. The Labute approximate surface area is 145 Å². The van der Waals surface area contributed by atoms with Crippen LogP contribution in [-0.4, -0.2) is 23.5 Å². The SMILES string of the molecule is Cc1nc(-c2ccc(F)cc2)sc1C(=O)N[C@@H](C)CN.Cl.Cl. The van der Waals surface area contributed by atoms with Crippen LogP contribution in [0.25, 0.3) is 10.6 Å². The van der Waals surface area contributed by atoms with Gasteiger partial charge in [-0.15, -0.1) is 36.2 Å². The monoisotopic (exact) mass is 365 g/mol. The molecule has 8 heteroatoms. The van der Waals surface area contributed by atoms with Crippen molar-refractivity contribution in [3.05, 3.63) is 40.7 Å². The highest BCUT2D eigenvalue weighted by molar-refractivity contribution is 7.17. The van der Waals surface area contributed by atoms with E-state index in [0.717, 1.165) is 5.56 Å². The van der Waals surface area contributed by atoms with E-state index in [-0.39, 0.29) is 42.6 Å². The smallest absolute Gasteiger partial charge is 0.263 e. The van der Waals surface area contributed by atoms with Crippen LogP contribution in [0.15, 0.2) is 24.3 Å². The van der Waals surface area contributed by atoms with E-state index in [0.29, 0.717) is 22.1 Å². The number of nitrogens with two attached hydrogens (primary N) is 1. The van der Waals surface area contributed by atoms with Gasteiger partial charge in [-0.2, -0.15) is 0 Å². The number of nitrogens with one attached hydrogen (secondary N) is 1. The quantitative estimate of drug-likeness (QED) is 0.873. The van der Waals surface area contributed by atoms with E-state index >= 15 is 0 Å². The van der Waals surface area contributed by atoms with E-state index in [1.54, 1.807) is 19.1 Å². The van der Waals surface area contributed by atoms with Crippen LogP contribution in [0.5, 0.6) is 0 Å². The summed E-state index contributed by atoms with van der Waals surface area (Å²) < 4.78 is 12.9. The molecule has 0 radical (unpaired) electrons. The summed E-state index contributed by atoms with van der Waals surface area (Å²) in [6, 6.07) is 5.97. The van der Waals surface area contributed by atoms with Crippen LogP contribution in [0.3, 0.4) is 0 Å². The third-order valence-electron chi connectivity index (χ3n) is 2.83. The van der Waals surface area contributed by atoms with Gasteiger partial charge < -0.3 is 11.1 Å². The van der Waals surface area contributed by atoms with E-state index in [1.807, 2.05) is 6.92 Å². The molecule has 1 atom stereocenters. The molecule has 0 fully saturated rings. The zero-order chi connectivity index (χ0) is 14.7. The molecule has 1 aromatic carbocycles. The van der Waals surface area contributed by atoms with Gasteiger partial charge in [-0.05, 0) is 38.1 Å². The topological polar surface area (TPSA) is 68.0 Å². The fourth-order valence-electron chi connectivity index (χ4n) is 1.67. The van der Waals surface area contributed by atoms with Crippen molar-refractivity contribution in [2.24, 2.45) is 5.73 Å². The van der Waals surface area contributed by atoms with Crippen molar-refractivity contribution in [3.63, 3.8) is 0 Å². The maximum atomic E-state index is 12.9. The number of hydrogen-bond acceptors (Lipinski definition) is 4. The fraction of sp³-hybridized carbons (Fsp3) is 0.286. The third-order valence-corrected chi connectivity index (χ3v) is 4.03. The summed E-state index contributed by atoms with van der Waals surface area (Å²) in [6.45, 7) is 4.01. The van der Waals surface area contributed by atoms with E-state index in [4.69, 9.17) is 5.73 Å². The molecule has 0 bridgehead atoms. The standard InChI is InChI=1S/C14H16FN3OS.2ClH/c1-8(7-16)17-13(19)12-9(2)18-14(20-12)10-3-5-11(15)6-4-10;;/h3-6,8H,7,16H2,1-2H3,(H,17,19);2*1H/t8-;;/m0../s1. The van der Waals surface area contributed by atoms with Crippen LogP contribution in [-0.2, 0) is 0 Å². The van der Waals surface area contributed by atoms with E-state index in [2.05, 4.69) is 10.3 Å². The van der Waals surface area contributed by atoms with Crippen molar-refractivity contribution in [2.45, 2.75) is 19.9 Å². The number of rotatable bonds is 4. The first-order valence-corrected chi connectivity index (χ1v) is 7.07. The molecular formula is C14H18Cl2FN3OS. The molecule has 0 aliphatic rings. The van der Waals surface area contributed by atoms with Crippen molar-refractivity contribution in [1.29, 1.82) is 0 Å². The lowest BCUT2D eigenvalue weighted by Crippen LogP contribution is -2.37. The predicted octanol–water partition coefficient (Wildman–Crippen LogP) is 3.18. The Morgan fingerprint density at radius 2 is 1.95 bits per heavy atom. The van der Waals surface area contributed by atoms with Crippen LogP contribution in [0, 0.1) is 12.7 Å². The van der Waals surface area contributed by atoms with Gasteiger partial charge in [-0.25, -0.2) is 9.37 Å². The Morgan fingerprint density at radius 3 is 2.50 bits per heavy atom. The van der Waals surface area contributed by atoms with Gasteiger partial charge >= 0.3 is 0 Å².